The lowest BCUT2D eigenvalue weighted by Gasteiger charge is -2.29. The standard InChI is InChI=1S/C62H70N4O/c1-58(2,3)41-24-26-49(52(35-41)62(13,14)15)40-23-28-54-56(31-40)64(39-65(54)46-33-43(60(7,8)9)32-44(34-46)61(10,11)12)45-19-18-20-47(37-45)67-48-25-27-51-50-21-16-17-22-53(50)66(55(51)38-48)57-36-42(29-30-63-57)59(4,5)6/h16-38H,39H2,1-15H3. The molecule has 5 nitrogen and oxygen atoms in total. The average molecular weight is 887 g/mol. The summed E-state index contributed by atoms with van der Waals surface area (Å²) in [5.41, 5.74) is 15.9. The molecular formula is C62H70N4O. The molecule has 8 aromatic rings. The number of fused-ring (bicyclic) bond motifs is 4. The molecular weight excluding hydrogens is 817 g/mol. The smallest absolute Gasteiger partial charge is 0.137 e. The summed E-state index contributed by atoms with van der Waals surface area (Å²) >= 11 is 0. The van der Waals surface area contributed by atoms with Crippen LogP contribution in [-0.4, -0.2) is 16.2 Å². The molecule has 2 aromatic heterocycles. The number of para-hydroxylation sites is 1. The summed E-state index contributed by atoms with van der Waals surface area (Å²) in [6.07, 6.45) is 1.93. The zero-order chi connectivity index (χ0) is 48.0. The quantitative estimate of drug-likeness (QED) is 0.167. The Hall–Kier alpha value is -6.33. The van der Waals surface area contributed by atoms with E-state index in [0.717, 1.165) is 39.4 Å². The Morgan fingerprint density at radius 3 is 1.73 bits per heavy atom. The van der Waals surface area contributed by atoms with Gasteiger partial charge in [0.05, 0.1) is 22.4 Å². The zero-order valence-corrected chi connectivity index (χ0v) is 42.7. The molecule has 0 saturated carbocycles. The molecule has 1 aliphatic rings. The second kappa shape index (κ2) is 16.2. The maximum atomic E-state index is 6.87. The normalized spacial score (nSPS) is 13.8. The fraction of sp³-hybridized carbons (Fsp3) is 0.339. The first-order valence-electron chi connectivity index (χ1n) is 24.1. The number of hydrogen-bond acceptors (Lipinski definition) is 4. The molecule has 344 valence electrons. The number of rotatable bonds is 6. The average Bonchev–Trinajstić information content (AvgIpc) is 3.80. The van der Waals surface area contributed by atoms with Crippen LogP contribution >= 0.6 is 0 Å². The molecule has 3 heterocycles. The fourth-order valence-electron chi connectivity index (χ4n) is 9.51. The molecule has 0 aliphatic carbocycles. The number of anilines is 4. The van der Waals surface area contributed by atoms with E-state index in [9.17, 15) is 0 Å². The van der Waals surface area contributed by atoms with Gasteiger partial charge >= 0.3 is 0 Å². The highest BCUT2D eigenvalue weighted by Crippen LogP contribution is 2.49. The molecule has 9 rings (SSSR count). The number of hydrogen-bond donors (Lipinski definition) is 0. The molecule has 0 N–H and O–H groups in total. The van der Waals surface area contributed by atoms with Crippen molar-refractivity contribution in [2.45, 2.75) is 131 Å². The van der Waals surface area contributed by atoms with Crippen molar-refractivity contribution >= 4 is 44.6 Å². The summed E-state index contributed by atoms with van der Waals surface area (Å²) in [5.74, 6) is 2.45. The lowest BCUT2D eigenvalue weighted by Crippen LogP contribution is -2.25. The van der Waals surface area contributed by atoms with Gasteiger partial charge in [0.1, 0.15) is 24.0 Å². The third-order valence-corrected chi connectivity index (χ3v) is 13.7. The van der Waals surface area contributed by atoms with E-state index in [1.807, 2.05) is 6.20 Å². The summed E-state index contributed by atoms with van der Waals surface area (Å²) in [6, 6.07) is 49.4. The molecule has 5 heteroatoms. The molecule has 0 saturated heterocycles. The van der Waals surface area contributed by atoms with E-state index in [2.05, 4.69) is 252 Å². The van der Waals surface area contributed by atoms with Crippen molar-refractivity contribution in [2.24, 2.45) is 0 Å². The number of ether oxygens (including phenoxy) is 1. The van der Waals surface area contributed by atoms with E-state index in [-0.39, 0.29) is 27.1 Å². The van der Waals surface area contributed by atoms with Crippen LogP contribution in [0.25, 0.3) is 38.8 Å². The van der Waals surface area contributed by atoms with Gasteiger partial charge in [0, 0.05) is 40.5 Å². The van der Waals surface area contributed by atoms with Gasteiger partial charge in [-0.3, -0.25) is 4.57 Å². The Kier molecular flexibility index (Phi) is 11.1. The minimum Gasteiger partial charge on any atom is -0.457 e. The molecule has 67 heavy (non-hydrogen) atoms. The van der Waals surface area contributed by atoms with E-state index >= 15 is 0 Å². The Balaban J connectivity index is 1.16. The third-order valence-electron chi connectivity index (χ3n) is 13.7. The zero-order valence-electron chi connectivity index (χ0n) is 42.7. The van der Waals surface area contributed by atoms with Gasteiger partial charge in [0.2, 0.25) is 0 Å². The number of nitrogens with zero attached hydrogens (tertiary/aromatic N) is 4. The van der Waals surface area contributed by atoms with Crippen molar-refractivity contribution in [3.63, 3.8) is 0 Å². The minimum atomic E-state index is -0.0475. The highest BCUT2D eigenvalue weighted by molar-refractivity contribution is 6.09. The van der Waals surface area contributed by atoms with Crippen molar-refractivity contribution in [3.05, 3.63) is 167 Å². The second-order valence-electron chi connectivity index (χ2n) is 24.0. The molecule has 0 spiro atoms. The van der Waals surface area contributed by atoms with Gasteiger partial charge < -0.3 is 14.5 Å². The van der Waals surface area contributed by atoms with Gasteiger partial charge in [0.15, 0.2) is 0 Å². The van der Waals surface area contributed by atoms with Gasteiger partial charge in [0.25, 0.3) is 0 Å². The predicted molar refractivity (Wildman–Crippen MR) is 286 cm³/mol. The molecule has 0 amide bonds. The number of pyridine rings is 1. The van der Waals surface area contributed by atoms with Gasteiger partial charge in [-0.2, -0.15) is 0 Å². The topological polar surface area (TPSA) is 33.5 Å². The summed E-state index contributed by atoms with van der Waals surface area (Å²) in [4.78, 5) is 9.87. The van der Waals surface area contributed by atoms with E-state index in [4.69, 9.17) is 9.72 Å². The predicted octanol–water partition coefficient (Wildman–Crippen LogP) is 17.4. The maximum absolute atomic E-state index is 6.87. The largest absolute Gasteiger partial charge is 0.457 e. The van der Waals surface area contributed by atoms with Crippen molar-refractivity contribution in [3.8, 4) is 28.4 Å². The van der Waals surface area contributed by atoms with Crippen LogP contribution in [0.5, 0.6) is 11.5 Å². The Labute approximate surface area is 400 Å². The van der Waals surface area contributed by atoms with E-state index in [1.165, 1.54) is 61.4 Å². The molecule has 0 bridgehead atoms. The molecule has 0 radical (unpaired) electrons. The summed E-state index contributed by atoms with van der Waals surface area (Å²) in [7, 11) is 0. The van der Waals surface area contributed by atoms with Crippen LogP contribution in [0.2, 0.25) is 0 Å². The highest BCUT2D eigenvalue weighted by Gasteiger charge is 2.32. The molecule has 6 aromatic carbocycles. The summed E-state index contributed by atoms with van der Waals surface area (Å²) in [6.45, 7) is 35.2. The first kappa shape index (κ1) is 45.8. The first-order chi connectivity index (χ1) is 31.3. The second-order valence-corrected chi connectivity index (χ2v) is 24.0. The Morgan fingerprint density at radius 1 is 0.433 bits per heavy atom. The SMILES string of the molecule is CC(C)(C)c1cc(N2CN(c3cccc(Oc4ccc5c6ccccc6n(-c6cc(C(C)(C)C)ccn6)c5c4)c3)c3cc(-c4ccc(C(C)(C)C)cc4C(C)(C)C)ccc32)cc(C(C)(C)C)c1. The molecule has 0 atom stereocenters. The van der Waals surface area contributed by atoms with Crippen LogP contribution in [-0.2, 0) is 27.1 Å². The van der Waals surface area contributed by atoms with Crippen LogP contribution in [0.15, 0.2) is 140 Å². The van der Waals surface area contributed by atoms with Gasteiger partial charge in [-0.1, -0.05) is 158 Å². The highest BCUT2D eigenvalue weighted by atomic mass is 16.5. The van der Waals surface area contributed by atoms with Crippen LogP contribution in [0.3, 0.4) is 0 Å². The van der Waals surface area contributed by atoms with Crippen LogP contribution < -0.4 is 14.5 Å². The molecule has 0 unspecified atom stereocenters. The summed E-state index contributed by atoms with van der Waals surface area (Å²) < 4.78 is 9.14. The monoisotopic (exact) mass is 887 g/mol. The van der Waals surface area contributed by atoms with Gasteiger partial charge in [-0.25, -0.2) is 4.98 Å². The first-order valence-corrected chi connectivity index (χ1v) is 24.1. The molecule has 0 fully saturated rings. The Morgan fingerprint density at radius 2 is 1.06 bits per heavy atom. The van der Waals surface area contributed by atoms with Gasteiger partial charge in [-0.05, 0) is 133 Å². The van der Waals surface area contributed by atoms with Crippen molar-refractivity contribution in [1.82, 2.24) is 9.55 Å². The lowest BCUT2D eigenvalue weighted by molar-refractivity contribution is 0.483. The Bertz CT molecular complexity index is 3140. The van der Waals surface area contributed by atoms with E-state index in [0.29, 0.717) is 6.67 Å². The van der Waals surface area contributed by atoms with Gasteiger partial charge in [-0.15, -0.1) is 0 Å². The molecule has 1 aliphatic heterocycles. The number of benzene rings is 6. The van der Waals surface area contributed by atoms with Crippen LogP contribution in [0.4, 0.5) is 22.7 Å². The van der Waals surface area contributed by atoms with Crippen LogP contribution in [0.1, 0.15) is 132 Å². The van der Waals surface area contributed by atoms with Crippen LogP contribution in [0, 0.1) is 0 Å². The lowest BCUT2D eigenvalue weighted by atomic mass is 9.77. The van der Waals surface area contributed by atoms with Crippen molar-refractivity contribution in [2.75, 3.05) is 16.5 Å². The van der Waals surface area contributed by atoms with Crippen molar-refractivity contribution < 1.29 is 4.74 Å². The van der Waals surface area contributed by atoms with E-state index < -0.39 is 0 Å². The fourth-order valence-corrected chi connectivity index (χ4v) is 9.51. The number of aromatic nitrogens is 2. The summed E-state index contributed by atoms with van der Waals surface area (Å²) in [5, 5.41) is 2.35. The van der Waals surface area contributed by atoms with E-state index in [1.54, 1.807) is 0 Å². The van der Waals surface area contributed by atoms with Crippen molar-refractivity contribution in [1.29, 1.82) is 0 Å². The maximum Gasteiger partial charge on any atom is 0.137 e. The minimum absolute atomic E-state index is 0.0108. The third kappa shape index (κ3) is 8.86.